The van der Waals surface area contributed by atoms with Gasteiger partial charge in [-0.05, 0) is 84.7 Å². The highest BCUT2D eigenvalue weighted by Crippen LogP contribution is 2.47. The summed E-state index contributed by atoms with van der Waals surface area (Å²) in [6.07, 6.45) is 3.99. The molecule has 1 aliphatic carbocycles. The van der Waals surface area contributed by atoms with E-state index in [9.17, 15) is 9.18 Å². The zero-order chi connectivity index (χ0) is 20.7. The fourth-order valence-electron chi connectivity index (χ4n) is 5.21. The monoisotopic (exact) mass is 423 g/mol. The minimum Gasteiger partial charge on any atom is -0.325 e. The van der Waals surface area contributed by atoms with Crippen molar-refractivity contribution in [2.45, 2.75) is 18.8 Å². The van der Waals surface area contributed by atoms with Gasteiger partial charge < -0.3 is 5.32 Å². The van der Waals surface area contributed by atoms with E-state index in [1.807, 2.05) is 24.4 Å². The van der Waals surface area contributed by atoms with Crippen molar-refractivity contribution < 1.29 is 9.18 Å². The van der Waals surface area contributed by atoms with Crippen LogP contribution in [0.15, 0.2) is 54.7 Å². The number of amides is 1. The molecule has 154 valence electrons. The first-order chi connectivity index (χ1) is 14.5. The van der Waals surface area contributed by atoms with Crippen molar-refractivity contribution in [2.75, 3.05) is 25.0 Å². The number of hydrogen-bond donors (Lipinski definition) is 1. The zero-order valence-corrected chi connectivity index (χ0v) is 17.3. The lowest BCUT2D eigenvalue weighted by Gasteiger charge is -2.19. The van der Waals surface area contributed by atoms with Crippen LogP contribution in [-0.2, 0) is 4.79 Å². The lowest BCUT2D eigenvalue weighted by Crippen LogP contribution is -2.32. The van der Waals surface area contributed by atoms with E-state index in [0.717, 1.165) is 42.5 Å². The van der Waals surface area contributed by atoms with Crippen LogP contribution < -0.4 is 5.32 Å². The predicted octanol–water partition coefficient (Wildman–Crippen LogP) is 5.09. The molecule has 1 N–H and O–H groups in total. The fraction of sp³-hybridized carbons (Fsp3) is 0.333. The van der Waals surface area contributed by atoms with Crippen molar-refractivity contribution in [3.63, 3.8) is 0 Å². The lowest BCUT2D eigenvalue weighted by atomic mass is 9.93. The Morgan fingerprint density at radius 2 is 1.83 bits per heavy atom. The Kier molecular flexibility index (Phi) is 5.17. The fourth-order valence-corrected chi connectivity index (χ4v) is 5.34. The van der Waals surface area contributed by atoms with Crippen LogP contribution in [0.1, 0.15) is 24.3 Å². The van der Waals surface area contributed by atoms with Crippen molar-refractivity contribution in [2.24, 2.45) is 11.8 Å². The highest BCUT2D eigenvalue weighted by Gasteiger charge is 2.41. The third-order valence-corrected chi connectivity index (χ3v) is 6.75. The molecule has 2 aliphatic rings. The van der Waals surface area contributed by atoms with E-state index in [1.54, 1.807) is 24.3 Å². The molecule has 2 aromatic carbocycles. The maximum Gasteiger partial charge on any atom is 0.238 e. The van der Waals surface area contributed by atoms with Crippen LogP contribution in [0.2, 0.25) is 5.02 Å². The molecule has 5 rings (SSSR count). The first kappa shape index (κ1) is 19.5. The standard InChI is InChI=1S/C24H23ClFN3O/c25-18-1-4-20(5-2-18)28-24(30)14-29-12-16-9-15(10-17(16)13-29)21-7-8-27-23-6-3-19(26)11-22(21)23/h1-8,11,15-17H,9-10,12-14H2,(H,28,30)/t15-,16-,17+. The van der Waals surface area contributed by atoms with Crippen LogP contribution >= 0.6 is 11.6 Å². The smallest absolute Gasteiger partial charge is 0.238 e. The number of likely N-dealkylation sites (tertiary alicyclic amines) is 1. The van der Waals surface area contributed by atoms with E-state index in [4.69, 9.17) is 11.6 Å². The SMILES string of the molecule is O=C(CN1C[C@H]2C[C@@H](c3ccnc4ccc(F)cc34)C[C@H]2C1)Nc1ccc(Cl)cc1. The summed E-state index contributed by atoms with van der Waals surface area (Å²) in [7, 11) is 0. The minimum absolute atomic E-state index is 0.00412. The van der Waals surface area contributed by atoms with E-state index in [-0.39, 0.29) is 11.7 Å². The number of benzene rings is 2. The van der Waals surface area contributed by atoms with Crippen molar-refractivity contribution in [1.82, 2.24) is 9.88 Å². The van der Waals surface area contributed by atoms with Crippen LogP contribution in [0.25, 0.3) is 10.9 Å². The minimum atomic E-state index is -0.215. The maximum absolute atomic E-state index is 13.8. The summed E-state index contributed by atoms with van der Waals surface area (Å²) in [5, 5.41) is 4.52. The molecule has 1 aromatic heterocycles. The van der Waals surface area contributed by atoms with E-state index in [2.05, 4.69) is 15.2 Å². The summed E-state index contributed by atoms with van der Waals surface area (Å²) >= 11 is 5.89. The summed E-state index contributed by atoms with van der Waals surface area (Å²) in [4.78, 5) is 19.0. The van der Waals surface area contributed by atoms with Gasteiger partial charge in [-0.2, -0.15) is 0 Å². The zero-order valence-electron chi connectivity index (χ0n) is 16.5. The molecule has 1 aliphatic heterocycles. The Labute approximate surface area is 180 Å². The first-order valence-corrected chi connectivity index (χ1v) is 10.7. The highest BCUT2D eigenvalue weighted by atomic mass is 35.5. The lowest BCUT2D eigenvalue weighted by molar-refractivity contribution is -0.117. The quantitative estimate of drug-likeness (QED) is 0.635. The molecule has 0 spiro atoms. The molecule has 3 aromatic rings. The normalized spacial score (nSPS) is 23.6. The number of nitrogens with one attached hydrogen (secondary N) is 1. The number of pyridine rings is 1. The third-order valence-electron chi connectivity index (χ3n) is 6.50. The van der Waals surface area contributed by atoms with Gasteiger partial charge in [-0.15, -0.1) is 0 Å². The average Bonchev–Trinajstić information content (AvgIpc) is 3.27. The molecular formula is C24H23ClFN3O. The molecule has 3 atom stereocenters. The van der Waals surface area contributed by atoms with Crippen LogP contribution in [-0.4, -0.2) is 35.4 Å². The molecule has 1 saturated carbocycles. The van der Waals surface area contributed by atoms with E-state index >= 15 is 0 Å². The second-order valence-electron chi connectivity index (χ2n) is 8.50. The predicted molar refractivity (Wildman–Crippen MR) is 117 cm³/mol. The van der Waals surface area contributed by atoms with Crippen molar-refractivity contribution >= 4 is 34.1 Å². The second-order valence-corrected chi connectivity index (χ2v) is 8.94. The Balaban J connectivity index is 1.21. The Bertz CT molecular complexity index is 1070. The Hall–Kier alpha value is -2.50. The van der Waals surface area contributed by atoms with E-state index in [0.29, 0.717) is 29.3 Å². The van der Waals surface area contributed by atoms with Crippen LogP contribution in [0.4, 0.5) is 10.1 Å². The van der Waals surface area contributed by atoms with Gasteiger partial charge in [-0.3, -0.25) is 14.7 Å². The van der Waals surface area contributed by atoms with Gasteiger partial charge in [0.2, 0.25) is 5.91 Å². The number of halogens is 2. The summed E-state index contributed by atoms with van der Waals surface area (Å²) in [5.41, 5.74) is 2.83. The Morgan fingerprint density at radius 1 is 1.10 bits per heavy atom. The number of hydrogen-bond acceptors (Lipinski definition) is 3. The molecule has 2 fully saturated rings. The molecule has 2 heterocycles. The summed E-state index contributed by atoms with van der Waals surface area (Å²) in [6.45, 7) is 2.28. The third kappa shape index (κ3) is 3.92. The Morgan fingerprint density at radius 3 is 2.57 bits per heavy atom. The molecule has 1 saturated heterocycles. The van der Waals surface area contributed by atoms with Crippen molar-refractivity contribution in [3.8, 4) is 0 Å². The number of carbonyl (C=O) groups is 1. The van der Waals surface area contributed by atoms with Crippen LogP contribution in [0.3, 0.4) is 0 Å². The number of nitrogens with zero attached hydrogens (tertiary/aromatic N) is 2. The molecular weight excluding hydrogens is 401 g/mol. The first-order valence-electron chi connectivity index (χ1n) is 10.4. The van der Waals surface area contributed by atoms with Crippen molar-refractivity contribution in [3.05, 3.63) is 71.1 Å². The van der Waals surface area contributed by atoms with Crippen LogP contribution in [0.5, 0.6) is 0 Å². The highest BCUT2D eigenvalue weighted by molar-refractivity contribution is 6.30. The topological polar surface area (TPSA) is 45.2 Å². The van der Waals surface area contributed by atoms with E-state index < -0.39 is 0 Å². The molecule has 0 unspecified atom stereocenters. The molecule has 0 radical (unpaired) electrons. The van der Waals surface area contributed by atoms with Gasteiger partial charge in [-0.1, -0.05) is 11.6 Å². The van der Waals surface area contributed by atoms with Crippen molar-refractivity contribution in [1.29, 1.82) is 0 Å². The number of carbonyl (C=O) groups excluding carboxylic acids is 1. The summed E-state index contributed by atoms with van der Waals surface area (Å²) < 4.78 is 13.8. The molecule has 6 heteroatoms. The largest absolute Gasteiger partial charge is 0.325 e. The number of aromatic nitrogens is 1. The van der Waals surface area contributed by atoms with Gasteiger partial charge in [0.25, 0.3) is 0 Å². The number of anilines is 1. The molecule has 1 amide bonds. The average molecular weight is 424 g/mol. The molecule has 4 nitrogen and oxygen atoms in total. The summed E-state index contributed by atoms with van der Waals surface area (Å²) in [6, 6.07) is 14.0. The van der Waals surface area contributed by atoms with Gasteiger partial charge in [0.1, 0.15) is 5.82 Å². The summed E-state index contributed by atoms with van der Waals surface area (Å²) in [5.74, 6) is 1.37. The number of rotatable bonds is 4. The van der Waals surface area contributed by atoms with Crippen LogP contribution in [0, 0.1) is 17.7 Å². The number of fused-ring (bicyclic) bond motifs is 2. The van der Waals surface area contributed by atoms with Gasteiger partial charge in [-0.25, -0.2) is 4.39 Å². The maximum atomic E-state index is 13.8. The van der Waals surface area contributed by atoms with Gasteiger partial charge >= 0.3 is 0 Å². The van der Waals surface area contributed by atoms with Gasteiger partial charge in [0.15, 0.2) is 0 Å². The molecule has 30 heavy (non-hydrogen) atoms. The molecule has 0 bridgehead atoms. The van der Waals surface area contributed by atoms with E-state index in [1.165, 1.54) is 11.6 Å². The van der Waals surface area contributed by atoms with Gasteiger partial charge in [0.05, 0.1) is 12.1 Å². The second kappa shape index (κ2) is 7.97. The van der Waals surface area contributed by atoms with Gasteiger partial charge in [0, 0.05) is 35.4 Å².